The van der Waals surface area contributed by atoms with Gasteiger partial charge >= 0.3 is 0 Å². The van der Waals surface area contributed by atoms with Crippen LogP contribution in [0.2, 0.25) is 5.02 Å². The van der Waals surface area contributed by atoms with Crippen LogP contribution in [-0.4, -0.2) is 12.5 Å². The lowest BCUT2D eigenvalue weighted by Crippen LogP contribution is -2.14. The number of halogens is 2. The van der Waals surface area contributed by atoms with Gasteiger partial charge in [0.25, 0.3) is 5.91 Å². The Labute approximate surface area is 218 Å². The van der Waals surface area contributed by atoms with E-state index in [-0.39, 0.29) is 12.2 Å². The van der Waals surface area contributed by atoms with Crippen LogP contribution in [0.15, 0.2) is 66.2 Å². The van der Waals surface area contributed by atoms with E-state index in [1.807, 2.05) is 74.5 Å². The third-order valence-corrected chi connectivity index (χ3v) is 6.15. The van der Waals surface area contributed by atoms with E-state index < -0.39 is 5.91 Å². The second-order valence-corrected chi connectivity index (χ2v) is 8.85. The summed E-state index contributed by atoms with van der Waals surface area (Å²) in [6, 6.07) is 20.6. The topological polar surface area (TPSA) is 71.3 Å². The summed E-state index contributed by atoms with van der Waals surface area (Å²) in [6.07, 6.45) is 2.32. The second-order valence-electron chi connectivity index (χ2n) is 7.28. The van der Waals surface area contributed by atoms with Gasteiger partial charge in [-0.1, -0.05) is 54.9 Å². The lowest BCUT2D eigenvalue weighted by molar-refractivity contribution is -0.112. The zero-order chi connectivity index (χ0) is 24.5. The minimum Gasteiger partial charge on any atom is -0.490 e. The maximum absolute atomic E-state index is 12.8. The van der Waals surface area contributed by atoms with E-state index >= 15 is 0 Å². The van der Waals surface area contributed by atoms with Crippen molar-refractivity contribution >= 4 is 51.9 Å². The van der Waals surface area contributed by atoms with E-state index in [2.05, 4.69) is 27.9 Å². The van der Waals surface area contributed by atoms with Gasteiger partial charge in [0.05, 0.1) is 10.2 Å². The monoisotopic (exact) mass is 586 g/mol. The Balaban J connectivity index is 1.87. The number of nitriles is 1. The highest BCUT2D eigenvalue weighted by Crippen LogP contribution is 2.36. The number of anilines is 1. The molecule has 0 atom stereocenters. The lowest BCUT2D eigenvalue weighted by atomic mass is 10.1. The van der Waals surface area contributed by atoms with Crippen molar-refractivity contribution in [1.82, 2.24) is 0 Å². The molecule has 0 aromatic heterocycles. The summed E-state index contributed by atoms with van der Waals surface area (Å²) in [5.41, 5.74) is 3.22. The molecule has 174 valence electrons. The van der Waals surface area contributed by atoms with Crippen LogP contribution in [-0.2, 0) is 17.8 Å². The molecule has 0 radical (unpaired) electrons. The predicted molar refractivity (Wildman–Crippen MR) is 144 cm³/mol. The predicted octanol–water partition coefficient (Wildman–Crippen LogP) is 7.03. The van der Waals surface area contributed by atoms with E-state index in [1.165, 1.54) is 0 Å². The van der Waals surface area contributed by atoms with Crippen LogP contribution >= 0.6 is 34.2 Å². The van der Waals surface area contributed by atoms with Crippen LogP contribution < -0.4 is 14.8 Å². The second kappa shape index (κ2) is 12.4. The van der Waals surface area contributed by atoms with Crippen LogP contribution in [0.3, 0.4) is 0 Å². The standard InChI is InChI=1S/C27H24ClIN2O3/c1-3-19-9-6-8-12-24(19)31-27(32)21(16-30)13-18-14-23(29)26(25(15-18)33-4-2)34-17-20-10-5-7-11-22(20)28/h5-15H,3-4,17H2,1-2H3,(H,31,32)/b21-13+. The molecular formula is C27H24ClIN2O3. The quantitative estimate of drug-likeness (QED) is 0.166. The van der Waals surface area contributed by atoms with Crippen LogP contribution in [0.4, 0.5) is 5.69 Å². The molecule has 3 rings (SSSR count). The highest BCUT2D eigenvalue weighted by atomic mass is 127. The third-order valence-electron chi connectivity index (χ3n) is 4.98. The summed E-state index contributed by atoms with van der Waals surface area (Å²) >= 11 is 8.40. The summed E-state index contributed by atoms with van der Waals surface area (Å²) in [5, 5.41) is 13.1. The van der Waals surface area contributed by atoms with E-state index in [1.54, 1.807) is 12.1 Å². The number of amides is 1. The molecule has 0 aliphatic rings. The van der Waals surface area contributed by atoms with E-state index in [0.29, 0.717) is 34.4 Å². The summed E-state index contributed by atoms with van der Waals surface area (Å²) in [4.78, 5) is 12.8. The maximum Gasteiger partial charge on any atom is 0.266 e. The molecule has 0 unspecified atom stereocenters. The number of hydrogen-bond acceptors (Lipinski definition) is 4. The summed E-state index contributed by atoms with van der Waals surface area (Å²) in [5.74, 6) is 0.650. The van der Waals surface area contributed by atoms with Crippen molar-refractivity contribution in [2.75, 3.05) is 11.9 Å². The average Bonchev–Trinajstić information content (AvgIpc) is 2.83. The number of carbonyl (C=O) groups excluding carboxylic acids is 1. The number of carbonyl (C=O) groups is 1. The third kappa shape index (κ3) is 6.52. The molecule has 0 fully saturated rings. The fourth-order valence-electron chi connectivity index (χ4n) is 3.30. The fourth-order valence-corrected chi connectivity index (χ4v) is 4.27. The van der Waals surface area contributed by atoms with Gasteiger partial charge in [0.15, 0.2) is 11.5 Å². The highest BCUT2D eigenvalue weighted by molar-refractivity contribution is 14.1. The number of para-hydroxylation sites is 1. The normalized spacial score (nSPS) is 11.0. The summed E-state index contributed by atoms with van der Waals surface area (Å²) < 4.78 is 12.6. The molecule has 0 aliphatic carbocycles. The first-order valence-corrected chi connectivity index (χ1v) is 12.3. The van der Waals surface area contributed by atoms with Gasteiger partial charge in [0, 0.05) is 16.3 Å². The van der Waals surface area contributed by atoms with Crippen molar-refractivity contribution in [1.29, 1.82) is 5.26 Å². The van der Waals surface area contributed by atoms with Gasteiger partial charge in [-0.25, -0.2) is 0 Å². The number of nitrogens with one attached hydrogen (secondary N) is 1. The zero-order valence-electron chi connectivity index (χ0n) is 18.9. The van der Waals surface area contributed by atoms with Gasteiger partial charge in [-0.3, -0.25) is 4.79 Å². The molecule has 5 nitrogen and oxygen atoms in total. The summed E-state index contributed by atoms with van der Waals surface area (Å²) in [7, 11) is 0. The van der Waals surface area contributed by atoms with Gasteiger partial charge < -0.3 is 14.8 Å². The number of nitrogens with zero attached hydrogens (tertiary/aromatic N) is 1. The van der Waals surface area contributed by atoms with Gasteiger partial charge in [0.2, 0.25) is 0 Å². The highest BCUT2D eigenvalue weighted by Gasteiger charge is 2.16. The smallest absolute Gasteiger partial charge is 0.266 e. The molecule has 0 aliphatic heterocycles. The first-order valence-electron chi connectivity index (χ1n) is 10.8. The first-order chi connectivity index (χ1) is 16.5. The SMILES string of the molecule is CCOc1cc(/C=C(\C#N)C(=O)Nc2ccccc2CC)cc(I)c1OCc1ccccc1Cl. The molecule has 34 heavy (non-hydrogen) atoms. The molecule has 1 N–H and O–H groups in total. The maximum atomic E-state index is 12.8. The fraction of sp³-hybridized carbons (Fsp3) is 0.185. The van der Waals surface area contributed by atoms with Crippen LogP contribution in [0.1, 0.15) is 30.5 Å². The minimum absolute atomic E-state index is 0.00566. The number of benzene rings is 3. The number of rotatable bonds is 9. The number of hydrogen-bond donors (Lipinski definition) is 1. The van der Waals surface area contributed by atoms with Crippen molar-refractivity contribution < 1.29 is 14.3 Å². The Morgan fingerprint density at radius 3 is 2.47 bits per heavy atom. The zero-order valence-corrected chi connectivity index (χ0v) is 21.8. The van der Waals surface area contributed by atoms with Crippen LogP contribution in [0.25, 0.3) is 6.08 Å². The van der Waals surface area contributed by atoms with Crippen molar-refractivity contribution in [2.45, 2.75) is 26.9 Å². The largest absolute Gasteiger partial charge is 0.490 e. The molecule has 3 aromatic rings. The molecule has 3 aromatic carbocycles. The Morgan fingerprint density at radius 2 is 1.79 bits per heavy atom. The Bertz CT molecular complexity index is 1250. The Morgan fingerprint density at radius 1 is 1.09 bits per heavy atom. The molecule has 7 heteroatoms. The van der Waals surface area contributed by atoms with Crippen LogP contribution in [0, 0.1) is 14.9 Å². The van der Waals surface area contributed by atoms with Gasteiger partial charge in [0.1, 0.15) is 18.2 Å². The molecule has 0 saturated heterocycles. The minimum atomic E-state index is -0.463. The van der Waals surface area contributed by atoms with Crippen molar-refractivity contribution in [3.8, 4) is 17.6 Å². The van der Waals surface area contributed by atoms with E-state index in [9.17, 15) is 10.1 Å². The lowest BCUT2D eigenvalue weighted by Gasteiger charge is -2.15. The molecular weight excluding hydrogens is 563 g/mol. The Kier molecular flexibility index (Phi) is 9.37. The molecule has 0 spiro atoms. The summed E-state index contributed by atoms with van der Waals surface area (Å²) in [6.45, 7) is 4.61. The molecule has 0 heterocycles. The Hall–Kier alpha value is -3.02. The van der Waals surface area contributed by atoms with Crippen molar-refractivity contribution in [3.63, 3.8) is 0 Å². The van der Waals surface area contributed by atoms with Crippen molar-refractivity contribution in [2.24, 2.45) is 0 Å². The van der Waals surface area contributed by atoms with Gasteiger partial charge in [-0.15, -0.1) is 0 Å². The van der Waals surface area contributed by atoms with E-state index in [0.717, 1.165) is 21.1 Å². The molecule has 1 amide bonds. The van der Waals surface area contributed by atoms with Crippen LogP contribution in [0.5, 0.6) is 11.5 Å². The molecule has 0 saturated carbocycles. The number of ether oxygens (including phenoxy) is 2. The van der Waals surface area contributed by atoms with E-state index in [4.69, 9.17) is 21.1 Å². The van der Waals surface area contributed by atoms with Crippen molar-refractivity contribution in [3.05, 3.63) is 91.5 Å². The average molecular weight is 587 g/mol. The molecule has 0 bridgehead atoms. The van der Waals surface area contributed by atoms with Gasteiger partial charge in [-0.2, -0.15) is 5.26 Å². The first kappa shape index (κ1) is 25.6. The number of aryl methyl sites for hydroxylation is 1. The van der Waals surface area contributed by atoms with Gasteiger partial charge in [-0.05, 0) is 77.4 Å².